The second-order valence-electron chi connectivity index (χ2n) is 3.79. The first-order valence-electron chi connectivity index (χ1n) is 6.01. The molecule has 0 aliphatic heterocycles. The monoisotopic (exact) mass is 284 g/mol. The summed E-state index contributed by atoms with van der Waals surface area (Å²) in [5.41, 5.74) is 0. The molecule has 0 rings (SSSR count). The standard InChI is InChI=1S/C11H24S4/c1-2-3-4-5-6-7-8-9-10-11-13-15-14-12/h12H,2-11H2,1H3. The molecule has 0 bridgehead atoms. The third-order valence-electron chi connectivity index (χ3n) is 2.41. The molecule has 0 amide bonds. The van der Waals surface area contributed by atoms with Crippen molar-refractivity contribution in [1.82, 2.24) is 0 Å². The van der Waals surface area contributed by atoms with Gasteiger partial charge in [0.05, 0.1) is 0 Å². The third kappa shape index (κ3) is 15.4. The molecule has 0 aromatic heterocycles. The SMILES string of the molecule is CCCCCCCCCCCSSSS. The minimum atomic E-state index is 1.29. The van der Waals surface area contributed by atoms with Gasteiger partial charge in [0.15, 0.2) is 0 Å². The Morgan fingerprint density at radius 2 is 1.33 bits per heavy atom. The van der Waals surface area contributed by atoms with Crippen molar-refractivity contribution in [2.75, 3.05) is 5.75 Å². The fourth-order valence-corrected chi connectivity index (χ4v) is 4.81. The lowest BCUT2D eigenvalue weighted by atomic mass is 10.1. The van der Waals surface area contributed by atoms with Crippen LogP contribution in [0.15, 0.2) is 0 Å². The Hall–Kier alpha value is 1.40. The molecule has 0 N–H and O–H groups in total. The van der Waals surface area contributed by atoms with Gasteiger partial charge in [-0.1, -0.05) is 80.7 Å². The van der Waals surface area contributed by atoms with E-state index in [0.29, 0.717) is 0 Å². The first kappa shape index (κ1) is 16.4. The van der Waals surface area contributed by atoms with Gasteiger partial charge in [0.2, 0.25) is 0 Å². The van der Waals surface area contributed by atoms with E-state index in [9.17, 15) is 0 Å². The lowest BCUT2D eigenvalue weighted by Gasteiger charge is -2.01. The van der Waals surface area contributed by atoms with Crippen LogP contribution in [0.3, 0.4) is 0 Å². The molecule has 92 valence electrons. The van der Waals surface area contributed by atoms with Crippen molar-refractivity contribution in [2.24, 2.45) is 0 Å². The zero-order valence-corrected chi connectivity index (χ0v) is 13.1. The fourth-order valence-electron chi connectivity index (χ4n) is 1.53. The van der Waals surface area contributed by atoms with E-state index in [1.807, 2.05) is 10.8 Å². The molecule has 0 aromatic rings. The van der Waals surface area contributed by atoms with E-state index in [2.05, 4.69) is 18.6 Å². The first-order chi connectivity index (χ1) is 7.41. The lowest BCUT2D eigenvalue weighted by Crippen LogP contribution is -1.82. The van der Waals surface area contributed by atoms with Crippen LogP contribution in [0.25, 0.3) is 0 Å². The summed E-state index contributed by atoms with van der Waals surface area (Å²) in [7, 11) is 5.27. The van der Waals surface area contributed by atoms with Crippen molar-refractivity contribution in [3.63, 3.8) is 0 Å². The van der Waals surface area contributed by atoms with E-state index in [1.165, 1.54) is 63.5 Å². The number of unbranched alkanes of at least 4 members (excludes halogenated alkanes) is 8. The molecule has 0 radical (unpaired) electrons. The van der Waals surface area contributed by atoms with Crippen molar-refractivity contribution < 1.29 is 0 Å². The van der Waals surface area contributed by atoms with Crippen LogP contribution in [0.5, 0.6) is 0 Å². The van der Waals surface area contributed by atoms with Gasteiger partial charge in [0, 0.05) is 5.75 Å². The van der Waals surface area contributed by atoms with E-state index in [1.54, 1.807) is 19.7 Å². The highest BCUT2D eigenvalue weighted by molar-refractivity contribution is 9.23. The van der Waals surface area contributed by atoms with Gasteiger partial charge in [-0.25, -0.2) is 0 Å². The van der Waals surface area contributed by atoms with Gasteiger partial charge in [-0.3, -0.25) is 0 Å². The van der Waals surface area contributed by atoms with Gasteiger partial charge >= 0.3 is 0 Å². The van der Waals surface area contributed by atoms with Gasteiger partial charge < -0.3 is 0 Å². The van der Waals surface area contributed by atoms with Gasteiger partial charge in [0.25, 0.3) is 0 Å². The molecule has 0 saturated carbocycles. The van der Waals surface area contributed by atoms with E-state index in [-0.39, 0.29) is 0 Å². The second-order valence-corrected chi connectivity index (χ2v) is 8.85. The first-order valence-corrected chi connectivity index (χ1v) is 10.7. The Kier molecular flexibility index (Phi) is 16.8. The molecule has 0 saturated heterocycles. The number of rotatable bonds is 12. The van der Waals surface area contributed by atoms with Gasteiger partial charge in [-0.2, -0.15) is 0 Å². The summed E-state index contributed by atoms with van der Waals surface area (Å²) in [6, 6.07) is 0. The summed E-state index contributed by atoms with van der Waals surface area (Å²) < 4.78 is 0. The van der Waals surface area contributed by atoms with E-state index in [4.69, 9.17) is 0 Å². The lowest BCUT2D eigenvalue weighted by molar-refractivity contribution is 0.573. The predicted molar refractivity (Wildman–Crippen MR) is 83.9 cm³/mol. The molecule has 0 spiro atoms. The van der Waals surface area contributed by atoms with Crippen molar-refractivity contribution in [3.05, 3.63) is 0 Å². The number of hydrogen-bond acceptors (Lipinski definition) is 4. The van der Waals surface area contributed by atoms with Crippen LogP contribution < -0.4 is 0 Å². The smallest absolute Gasteiger partial charge is 0.00454 e. The molecule has 0 atom stereocenters. The van der Waals surface area contributed by atoms with Crippen LogP contribution in [-0.4, -0.2) is 5.75 Å². The molecule has 0 aliphatic rings. The largest absolute Gasteiger partial charge is 0.0989 e. The van der Waals surface area contributed by atoms with E-state index >= 15 is 0 Å². The zero-order chi connectivity index (χ0) is 11.2. The van der Waals surface area contributed by atoms with E-state index < -0.39 is 0 Å². The molecular formula is C11H24S4. The maximum atomic E-state index is 4.08. The quantitative estimate of drug-likeness (QED) is 0.251. The van der Waals surface area contributed by atoms with E-state index in [0.717, 1.165) is 0 Å². The molecule has 15 heavy (non-hydrogen) atoms. The van der Waals surface area contributed by atoms with Crippen molar-refractivity contribution >= 4 is 42.1 Å². The van der Waals surface area contributed by atoms with Gasteiger partial charge in [-0.05, 0) is 26.1 Å². The zero-order valence-electron chi connectivity index (χ0n) is 9.74. The summed E-state index contributed by atoms with van der Waals surface area (Å²) in [6.07, 6.45) is 12.8. The molecule has 4 heteroatoms. The van der Waals surface area contributed by atoms with Crippen molar-refractivity contribution in [2.45, 2.75) is 64.7 Å². The molecule has 0 unspecified atom stereocenters. The Bertz CT molecular complexity index is 96.8. The van der Waals surface area contributed by atoms with Crippen LogP contribution in [0.2, 0.25) is 0 Å². The van der Waals surface area contributed by atoms with Crippen LogP contribution in [0.4, 0.5) is 0 Å². The Balaban J connectivity index is 2.81. The average Bonchev–Trinajstić information content (AvgIpc) is 2.26. The maximum absolute atomic E-state index is 4.08. The number of hydrogen-bond donors (Lipinski definition) is 1. The maximum Gasteiger partial charge on any atom is 0.00454 e. The highest BCUT2D eigenvalue weighted by Crippen LogP contribution is 2.37. The topological polar surface area (TPSA) is 0 Å². The van der Waals surface area contributed by atoms with Crippen LogP contribution in [0, 0.1) is 0 Å². The minimum absolute atomic E-state index is 1.29. The average molecular weight is 285 g/mol. The van der Waals surface area contributed by atoms with Gasteiger partial charge in [0.1, 0.15) is 0 Å². The molecule has 0 aliphatic carbocycles. The van der Waals surface area contributed by atoms with Crippen molar-refractivity contribution in [1.29, 1.82) is 0 Å². The second kappa shape index (κ2) is 15.4. The summed E-state index contributed by atoms with van der Waals surface area (Å²) in [5.74, 6) is 1.29. The van der Waals surface area contributed by atoms with Crippen LogP contribution >= 0.6 is 42.1 Å². The molecule has 0 nitrogen and oxygen atoms in total. The highest BCUT2D eigenvalue weighted by atomic mass is 33.7. The Labute approximate surface area is 112 Å². The minimum Gasteiger partial charge on any atom is -0.0989 e. The Morgan fingerprint density at radius 3 is 1.87 bits per heavy atom. The normalized spacial score (nSPS) is 10.8. The molecular weight excluding hydrogens is 260 g/mol. The summed E-state index contributed by atoms with van der Waals surface area (Å²) in [5, 5.41) is 0. The fraction of sp³-hybridized carbons (Fsp3) is 1.00. The van der Waals surface area contributed by atoms with Gasteiger partial charge in [-0.15, -0.1) is 0 Å². The summed E-state index contributed by atoms with van der Waals surface area (Å²) in [4.78, 5) is 0. The molecule has 0 heterocycles. The summed E-state index contributed by atoms with van der Waals surface area (Å²) >= 11 is 4.08. The predicted octanol–water partition coefficient (Wildman–Crippen LogP) is 6.39. The van der Waals surface area contributed by atoms with Crippen LogP contribution in [0.1, 0.15) is 64.7 Å². The third-order valence-corrected chi connectivity index (χ3v) is 7.05. The Morgan fingerprint density at radius 1 is 0.800 bits per heavy atom. The van der Waals surface area contributed by atoms with Crippen LogP contribution in [-0.2, 0) is 0 Å². The molecule has 0 fully saturated rings. The molecule has 0 aromatic carbocycles. The number of thiol groups is 1. The highest BCUT2D eigenvalue weighted by Gasteiger charge is 1.93. The summed E-state index contributed by atoms with van der Waals surface area (Å²) in [6.45, 7) is 2.28. The van der Waals surface area contributed by atoms with Crippen molar-refractivity contribution in [3.8, 4) is 0 Å².